The summed E-state index contributed by atoms with van der Waals surface area (Å²) in [6.45, 7) is 3.47. The van der Waals surface area contributed by atoms with E-state index >= 15 is 0 Å². The van der Waals surface area contributed by atoms with Crippen molar-refractivity contribution in [2.75, 3.05) is 32.7 Å². The third-order valence-electron chi connectivity index (χ3n) is 2.33. The molecule has 0 saturated carbocycles. The summed E-state index contributed by atoms with van der Waals surface area (Å²) >= 11 is 9.21. The average Bonchev–Trinajstić information content (AvgIpc) is 2.29. The molecule has 4 heteroatoms. The summed E-state index contributed by atoms with van der Waals surface area (Å²) in [7, 11) is 1.72. The quantitative estimate of drug-likeness (QED) is 0.718. The predicted molar refractivity (Wildman–Crippen MR) is 72.0 cm³/mol. The van der Waals surface area contributed by atoms with Gasteiger partial charge in [0.2, 0.25) is 0 Å². The first-order valence-electron chi connectivity index (χ1n) is 5.28. The van der Waals surface area contributed by atoms with Gasteiger partial charge < -0.3 is 4.74 Å². The molecule has 0 aromatic heterocycles. The highest BCUT2D eigenvalue weighted by molar-refractivity contribution is 9.10. The maximum Gasteiger partial charge on any atom is 0.0589 e. The molecule has 0 aliphatic carbocycles. The summed E-state index contributed by atoms with van der Waals surface area (Å²) in [5, 5.41) is 0. The molecule has 0 atom stereocenters. The first kappa shape index (κ1) is 14.0. The molecule has 0 bridgehead atoms. The third kappa shape index (κ3) is 5.30. The molecule has 0 saturated heterocycles. The third-order valence-corrected chi connectivity index (χ3v) is 3.03. The molecule has 0 aliphatic heterocycles. The Morgan fingerprint density at radius 1 is 1.25 bits per heavy atom. The minimum atomic E-state index is 0.653. The molecule has 1 aromatic rings. The zero-order chi connectivity index (χ0) is 11.8. The molecule has 1 aromatic carbocycles. The molecule has 1 rings (SSSR count). The van der Waals surface area contributed by atoms with Crippen LogP contribution in [0.5, 0.6) is 0 Å². The van der Waals surface area contributed by atoms with E-state index in [-0.39, 0.29) is 0 Å². The van der Waals surface area contributed by atoms with Gasteiger partial charge in [0, 0.05) is 37.1 Å². The molecule has 0 amide bonds. The van der Waals surface area contributed by atoms with E-state index in [2.05, 4.69) is 45.1 Å². The van der Waals surface area contributed by atoms with E-state index in [1.54, 1.807) is 7.11 Å². The van der Waals surface area contributed by atoms with Crippen LogP contribution in [0.4, 0.5) is 0 Å². The van der Waals surface area contributed by atoms with E-state index in [1.807, 2.05) is 0 Å². The maximum atomic E-state index is 5.78. The lowest BCUT2D eigenvalue weighted by Crippen LogP contribution is -2.28. The van der Waals surface area contributed by atoms with Crippen molar-refractivity contribution in [3.05, 3.63) is 34.3 Å². The van der Waals surface area contributed by atoms with Gasteiger partial charge in [-0.05, 0) is 17.7 Å². The monoisotopic (exact) mass is 305 g/mol. The fourth-order valence-corrected chi connectivity index (χ4v) is 1.96. The van der Waals surface area contributed by atoms with Crippen LogP contribution in [0, 0.1) is 0 Å². The summed E-state index contributed by atoms with van der Waals surface area (Å²) in [4.78, 5) is 2.29. The summed E-state index contributed by atoms with van der Waals surface area (Å²) in [5.41, 5.74) is 1.30. The van der Waals surface area contributed by atoms with Crippen molar-refractivity contribution in [2.24, 2.45) is 0 Å². The fraction of sp³-hybridized carbons (Fsp3) is 0.500. The van der Waals surface area contributed by atoms with Gasteiger partial charge in [-0.3, -0.25) is 4.90 Å². The van der Waals surface area contributed by atoms with Crippen molar-refractivity contribution < 1.29 is 4.74 Å². The van der Waals surface area contributed by atoms with Crippen LogP contribution in [0.2, 0.25) is 0 Å². The largest absolute Gasteiger partial charge is 0.383 e. The van der Waals surface area contributed by atoms with Crippen molar-refractivity contribution in [3.8, 4) is 0 Å². The lowest BCUT2D eigenvalue weighted by atomic mass is 10.2. The molecule has 0 spiro atoms. The average molecular weight is 307 g/mol. The minimum Gasteiger partial charge on any atom is -0.383 e. The Balaban J connectivity index is 2.49. The summed E-state index contributed by atoms with van der Waals surface area (Å²) < 4.78 is 6.19. The molecule has 0 heterocycles. The topological polar surface area (TPSA) is 12.5 Å². The molecule has 0 radical (unpaired) electrons. The molecule has 90 valence electrons. The van der Waals surface area contributed by atoms with Gasteiger partial charge in [0.25, 0.3) is 0 Å². The second-order valence-corrected chi connectivity index (χ2v) is 4.88. The number of halogens is 2. The minimum absolute atomic E-state index is 0.653. The molecular weight excluding hydrogens is 289 g/mol. The zero-order valence-electron chi connectivity index (χ0n) is 9.46. The Kier molecular flexibility index (Phi) is 7.05. The Hall–Kier alpha value is -0.0900. The number of hydrogen-bond donors (Lipinski definition) is 0. The van der Waals surface area contributed by atoms with Crippen LogP contribution in [-0.4, -0.2) is 37.6 Å². The fourth-order valence-electron chi connectivity index (χ4n) is 1.46. The maximum absolute atomic E-state index is 5.78. The van der Waals surface area contributed by atoms with E-state index in [9.17, 15) is 0 Å². The summed E-state index contributed by atoms with van der Waals surface area (Å²) in [5.74, 6) is 0.653. The Bertz CT molecular complexity index is 292. The zero-order valence-corrected chi connectivity index (χ0v) is 11.8. The predicted octanol–water partition coefficient (Wildman–Crippen LogP) is 3.14. The Morgan fingerprint density at radius 3 is 2.50 bits per heavy atom. The molecule has 0 aliphatic rings. The molecule has 0 fully saturated rings. The van der Waals surface area contributed by atoms with E-state index in [4.69, 9.17) is 16.3 Å². The lowest BCUT2D eigenvalue weighted by molar-refractivity contribution is 0.148. The van der Waals surface area contributed by atoms with Crippen LogP contribution in [0.1, 0.15) is 5.56 Å². The van der Waals surface area contributed by atoms with Gasteiger partial charge in [0.1, 0.15) is 0 Å². The molecule has 0 unspecified atom stereocenters. The van der Waals surface area contributed by atoms with Gasteiger partial charge in [-0.25, -0.2) is 0 Å². The Labute approximate surface area is 111 Å². The van der Waals surface area contributed by atoms with E-state index < -0.39 is 0 Å². The molecular formula is C12H17BrClNO. The van der Waals surface area contributed by atoms with Gasteiger partial charge in [-0.15, -0.1) is 11.6 Å². The molecule has 2 nitrogen and oxygen atoms in total. The highest BCUT2D eigenvalue weighted by atomic mass is 79.9. The van der Waals surface area contributed by atoms with Crippen LogP contribution < -0.4 is 0 Å². The van der Waals surface area contributed by atoms with E-state index in [0.717, 1.165) is 30.7 Å². The Morgan fingerprint density at radius 2 is 1.94 bits per heavy atom. The smallest absolute Gasteiger partial charge is 0.0589 e. The van der Waals surface area contributed by atoms with Gasteiger partial charge >= 0.3 is 0 Å². The first-order valence-corrected chi connectivity index (χ1v) is 6.60. The summed E-state index contributed by atoms with van der Waals surface area (Å²) in [6.07, 6.45) is 0. The molecule has 16 heavy (non-hydrogen) atoms. The van der Waals surface area contributed by atoms with Gasteiger partial charge in [0.15, 0.2) is 0 Å². The number of rotatable bonds is 7. The number of hydrogen-bond acceptors (Lipinski definition) is 2. The van der Waals surface area contributed by atoms with Crippen LogP contribution in [0.3, 0.4) is 0 Å². The number of methoxy groups -OCH3 is 1. The van der Waals surface area contributed by atoms with Gasteiger partial charge in [-0.2, -0.15) is 0 Å². The second-order valence-electron chi connectivity index (χ2n) is 3.58. The van der Waals surface area contributed by atoms with Crippen LogP contribution in [-0.2, 0) is 11.3 Å². The standard InChI is InChI=1S/C12H17BrClNO/c1-16-9-8-15(7-6-14)10-11-2-4-12(13)5-3-11/h2-5H,6-10H2,1H3. The van der Waals surface area contributed by atoms with Crippen molar-refractivity contribution >= 4 is 27.5 Å². The lowest BCUT2D eigenvalue weighted by Gasteiger charge is -2.20. The number of nitrogens with zero attached hydrogens (tertiary/aromatic N) is 1. The summed E-state index contributed by atoms with van der Waals surface area (Å²) in [6, 6.07) is 8.37. The van der Waals surface area contributed by atoms with Gasteiger partial charge in [-0.1, -0.05) is 28.1 Å². The number of ether oxygens (including phenoxy) is 1. The number of alkyl halides is 1. The van der Waals surface area contributed by atoms with Crippen molar-refractivity contribution in [1.29, 1.82) is 0 Å². The van der Waals surface area contributed by atoms with Crippen LogP contribution in [0.15, 0.2) is 28.7 Å². The second kappa shape index (κ2) is 8.07. The number of benzene rings is 1. The van der Waals surface area contributed by atoms with E-state index in [0.29, 0.717) is 5.88 Å². The normalized spacial score (nSPS) is 11.0. The highest BCUT2D eigenvalue weighted by Gasteiger charge is 2.04. The van der Waals surface area contributed by atoms with Gasteiger partial charge in [0.05, 0.1) is 6.61 Å². The van der Waals surface area contributed by atoms with Crippen LogP contribution >= 0.6 is 27.5 Å². The molecule has 0 N–H and O–H groups in total. The van der Waals surface area contributed by atoms with E-state index in [1.165, 1.54) is 5.56 Å². The van der Waals surface area contributed by atoms with Crippen molar-refractivity contribution in [1.82, 2.24) is 4.90 Å². The highest BCUT2D eigenvalue weighted by Crippen LogP contribution is 2.12. The first-order chi connectivity index (χ1) is 7.76. The van der Waals surface area contributed by atoms with Crippen molar-refractivity contribution in [2.45, 2.75) is 6.54 Å². The van der Waals surface area contributed by atoms with Crippen molar-refractivity contribution in [3.63, 3.8) is 0 Å². The SMILES string of the molecule is COCCN(CCCl)Cc1ccc(Br)cc1. The van der Waals surface area contributed by atoms with Crippen LogP contribution in [0.25, 0.3) is 0 Å².